The van der Waals surface area contributed by atoms with Crippen LogP contribution in [0.1, 0.15) is 375 Å². The van der Waals surface area contributed by atoms with Crippen LogP contribution in [0.15, 0.2) is 0 Å². The molecule has 0 rings (SSSR count). The highest BCUT2D eigenvalue weighted by molar-refractivity contribution is 7.47. The number of phosphoric acid groups is 2. The summed E-state index contributed by atoms with van der Waals surface area (Å²) in [5.41, 5.74) is 0. The maximum absolute atomic E-state index is 13.0. The second kappa shape index (κ2) is 65.4. The Labute approximate surface area is 556 Å². The molecule has 0 radical (unpaired) electrons. The molecule has 0 aromatic rings. The van der Waals surface area contributed by atoms with Crippen LogP contribution in [0.3, 0.4) is 0 Å². The van der Waals surface area contributed by atoms with Crippen molar-refractivity contribution in [3.8, 4) is 0 Å². The van der Waals surface area contributed by atoms with Crippen LogP contribution in [0.2, 0.25) is 0 Å². The topological polar surface area (TPSA) is 237 Å². The van der Waals surface area contributed by atoms with Crippen LogP contribution in [0.5, 0.6) is 0 Å². The fraction of sp³-hybridized carbons (Fsp3) is 0.944. The Hall–Kier alpha value is -1.94. The maximum Gasteiger partial charge on any atom is 0.472 e. The normalized spacial score (nSPS) is 14.0. The van der Waals surface area contributed by atoms with Gasteiger partial charge in [-0.1, -0.05) is 324 Å². The number of carbonyl (C=O) groups excluding carboxylic acids is 4. The van der Waals surface area contributed by atoms with Crippen molar-refractivity contribution in [1.82, 2.24) is 0 Å². The second-order valence-electron chi connectivity index (χ2n) is 26.5. The molecule has 0 fully saturated rings. The predicted molar refractivity (Wildman–Crippen MR) is 368 cm³/mol. The van der Waals surface area contributed by atoms with E-state index in [2.05, 4.69) is 34.6 Å². The molecular weight excluding hydrogens is 1200 g/mol. The minimum absolute atomic E-state index is 0.107. The third kappa shape index (κ3) is 66.5. The fourth-order valence-corrected chi connectivity index (χ4v) is 12.6. The van der Waals surface area contributed by atoms with E-state index in [1.54, 1.807) is 0 Å². The summed E-state index contributed by atoms with van der Waals surface area (Å²) in [6.45, 7) is 7.23. The van der Waals surface area contributed by atoms with Gasteiger partial charge in [0.25, 0.3) is 0 Å². The van der Waals surface area contributed by atoms with Gasteiger partial charge in [-0.3, -0.25) is 37.3 Å². The molecule has 2 unspecified atom stereocenters. The lowest BCUT2D eigenvalue weighted by Gasteiger charge is -2.21. The Kier molecular flexibility index (Phi) is 64.0. The van der Waals surface area contributed by atoms with E-state index in [0.717, 1.165) is 109 Å². The van der Waals surface area contributed by atoms with Crippen molar-refractivity contribution >= 4 is 39.5 Å². The number of unbranched alkanes of at least 4 members (excludes halogenated alkanes) is 44. The zero-order chi connectivity index (χ0) is 67.0. The Balaban J connectivity index is 5.20. The summed E-state index contributed by atoms with van der Waals surface area (Å²) < 4.78 is 68.3. The molecule has 3 N–H and O–H groups in total. The van der Waals surface area contributed by atoms with E-state index in [4.69, 9.17) is 37.0 Å². The molecule has 0 aliphatic heterocycles. The van der Waals surface area contributed by atoms with Crippen molar-refractivity contribution in [3.05, 3.63) is 0 Å². The van der Waals surface area contributed by atoms with E-state index in [0.29, 0.717) is 25.7 Å². The van der Waals surface area contributed by atoms with Gasteiger partial charge in [0.2, 0.25) is 0 Å². The molecule has 0 aromatic heterocycles. The summed E-state index contributed by atoms with van der Waals surface area (Å²) in [7, 11) is -9.90. The van der Waals surface area contributed by atoms with Gasteiger partial charge in [0.05, 0.1) is 26.4 Å². The SMILES string of the molecule is CCCCCCCCCCCCCCCCCCCC(=O)O[C@H](COC(=O)CCCCCCCCCCCCCC(C)C)COP(=O)(O)OC[C@@H](O)COP(=O)(O)OC[C@@H](COC(=O)CCCCCCCCC)OC(=O)CCCCCCCCCCCCCCC. The van der Waals surface area contributed by atoms with E-state index in [-0.39, 0.29) is 25.7 Å². The number of hydrogen-bond acceptors (Lipinski definition) is 15. The minimum atomic E-state index is -4.95. The van der Waals surface area contributed by atoms with Crippen LogP contribution in [0, 0.1) is 5.92 Å². The molecule has 0 bridgehead atoms. The van der Waals surface area contributed by atoms with Crippen LogP contribution < -0.4 is 0 Å². The summed E-state index contributed by atoms with van der Waals surface area (Å²) in [4.78, 5) is 72.5. The quantitative estimate of drug-likeness (QED) is 0.0222. The highest BCUT2D eigenvalue weighted by atomic mass is 31.2. The summed E-state index contributed by atoms with van der Waals surface area (Å²) >= 11 is 0. The van der Waals surface area contributed by atoms with Crippen molar-refractivity contribution in [2.24, 2.45) is 5.92 Å². The fourth-order valence-electron chi connectivity index (χ4n) is 11.0. The molecule has 0 saturated carbocycles. The van der Waals surface area contributed by atoms with E-state index in [1.165, 1.54) is 186 Å². The Morgan fingerprint density at radius 2 is 0.505 bits per heavy atom. The van der Waals surface area contributed by atoms with Gasteiger partial charge < -0.3 is 33.8 Å². The lowest BCUT2D eigenvalue weighted by molar-refractivity contribution is -0.161. The van der Waals surface area contributed by atoms with Crippen LogP contribution in [-0.4, -0.2) is 96.7 Å². The Morgan fingerprint density at radius 1 is 0.297 bits per heavy atom. The smallest absolute Gasteiger partial charge is 0.462 e. The number of carbonyl (C=O) groups is 4. The number of aliphatic hydroxyl groups excluding tert-OH is 1. The third-order valence-electron chi connectivity index (χ3n) is 16.8. The van der Waals surface area contributed by atoms with Gasteiger partial charge >= 0.3 is 39.5 Å². The molecule has 17 nitrogen and oxygen atoms in total. The van der Waals surface area contributed by atoms with Gasteiger partial charge in [0, 0.05) is 25.7 Å². The van der Waals surface area contributed by atoms with Gasteiger partial charge in [-0.2, -0.15) is 0 Å². The molecule has 0 spiro atoms. The molecule has 0 amide bonds. The molecule has 0 aliphatic carbocycles. The van der Waals surface area contributed by atoms with E-state index in [9.17, 15) is 43.2 Å². The summed E-state index contributed by atoms with van der Waals surface area (Å²) in [6, 6.07) is 0. The van der Waals surface area contributed by atoms with Gasteiger partial charge in [0.1, 0.15) is 19.3 Å². The summed E-state index contributed by atoms with van der Waals surface area (Å²) in [5.74, 6) is -1.35. The minimum Gasteiger partial charge on any atom is -0.462 e. The number of ether oxygens (including phenoxy) is 4. The largest absolute Gasteiger partial charge is 0.472 e. The first-order valence-corrected chi connectivity index (χ1v) is 40.6. The van der Waals surface area contributed by atoms with Crippen LogP contribution in [0.4, 0.5) is 0 Å². The first-order valence-electron chi connectivity index (χ1n) is 37.6. The molecule has 91 heavy (non-hydrogen) atoms. The maximum atomic E-state index is 13.0. The molecule has 0 saturated heterocycles. The zero-order valence-corrected chi connectivity index (χ0v) is 60.8. The van der Waals surface area contributed by atoms with E-state index in [1.807, 2.05) is 0 Å². The third-order valence-corrected chi connectivity index (χ3v) is 18.7. The molecule has 0 aromatic carbocycles. The monoisotopic (exact) mass is 1340 g/mol. The number of esters is 4. The average Bonchev–Trinajstić information content (AvgIpc) is 2.22. The van der Waals surface area contributed by atoms with Gasteiger partial charge in [0.15, 0.2) is 12.2 Å². The zero-order valence-electron chi connectivity index (χ0n) is 59.0. The molecule has 5 atom stereocenters. The Morgan fingerprint density at radius 3 is 0.747 bits per heavy atom. The first kappa shape index (κ1) is 89.1. The van der Waals surface area contributed by atoms with E-state index >= 15 is 0 Å². The molecule has 0 heterocycles. The summed E-state index contributed by atoms with van der Waals surface area (Å²) in [6.07, 6.45) is 52.7. The van der Waals surface area contributed by atoms with Crippen molar-refractivity contribution in [1.29, 1.82) is 0 Å². The van der Waals surface area contributed by atoms with Gasteiger partial charge in [-0.15, -0.1) is 0 Å². The number of aliphatic hydroxyl groups is 1. The Bertz CT molecular complexity index is 1750. The molecule has 19 heteroatoms. The lowest BCUT2D eigenvalue weighted by Crippen LogP contribution is -2.30. The molecular formula is C72H140O17P2. The highest BCUT2D eigenvalue weighted by Crippen LogP contribution is 2.45. The second-order valence-corrected chi connectivity index (χ2v) is 29.4. The van der Waals surface area contributed by atoms with Crippen molar-refractivity contribution in [3.63, 3.8) is 0 Å². The van der Waals surface area contributed by atoms with Gasteiger partial charge in [-0.05, 0) is 31.6 Å². The average molecular weight is 1340 g/mol. The summed E-state index contributed by atoms with van der Waals surface area (Å²) in [5, 5.41) is 10.6. The van der Waals surface area contributed by atoms with Crippen molar-refractivity contribution in [2.45, 2.75) is 393 Å². The van der Waals surface area contributed by atoms with Crippen LogP contribution in [-0.2, 0) is 65.4 Å². The first-order chi connectivity index (χ1) is 44.0. The molecule has 540 valence electrons. The number of phosphoric ester groups is 2. The van der Waals surface area contributed by atoms with Crippen molar-refractivity contribution < 1.29 is 80.2 Å². The van der Waals surface area contributed by atoms with E-state index < -0.39 is 97.5 Å². The number of rotatable bonds is 72. The van der Waals surface area contributed by atoms with Gasteiger partial charge in [-0.25, -0.2) is 9.13 Å². The lowest BCUT2D eigenvalue weighted by atomic mass is 10.0. The number of hydrogen-bond donors (Lipinski definition) is 3. The highest BCUT2D eigenvalue weighted by Gasteiger charge is 2.30. The molecule has 0 aliphatic rings. The standard InChI is InChI=1S/C72H140O17P2/c1-6-9-12-15-18-20-22-24-25-26-27-29-33-38-43-48-53-58-72(77)89-68(62-83-70(75)56-51-46-41-36-34-30-31-35-40-44-49-54-65(4)5)64-87-91(80,81)85-60-66(73)59-84-90(78,79)86-63-67(61-82-69(74)55-50-45-39-17-14-11-8-3)88-71(76)57-52-47-42-37-32-28-23-21-19-16-13-10-7-2/h65-68,73H,6-64H2,1-5H3,(H,78,79)(H,80,81)/t66-,67+,68+/m0/s1. The van der Waals surface area contributed by atoms with Crippen molar-refractivity contribution in [2.75, 3.05) is 39.6 Å². The van der Waals surface area contributed by atoms with Crippen LogP contribution in [0.25, 0.3) is 0 Å². The van der Waals surface area contributed by atoms with Crippen LogP contribution >= 0.6 is 15.6 Å². The predicted octanol–water partition coefficient (Wildman–Crippen LogP) is 20.9.